The van der Waals surface area contributed by atoms with E-state index in [1.54, 1.807) is 0 Å². The zero-order valence-electron chi connectivity index (χ0n) is 12.6. The van der Waals surface area contributed by atoms with Crippen LogP contribution >= 0.6 is 0 Å². The van der Waals surface area contributed by atoms with Crippen LogP contribution in [0.25, 0.3) is 0 Å². The smallest absolute Gasteiger partial charge is 0.304 e. The summed E-state index contributed by atoms with van der Waals surface area (Å²) in [6, 6.07) is 0.777. The Bertz CT molecular complexity index is 282. The molecule has 2 heterocycles. The number of carboxylic acids is 1. The Morgan fingerprint density at radius 1 is 1.15 bits per heavy atom. The molecule has 2 N–H and O–H groups in total. The molecule has 0 aromatic carbocycles. The van der Waals surface area contributed by atoms with Crippen LogP contribution in [0.5, 0.6) is 0 Å². The molecule has 2 aliphatic heterocycles. The number of hydrogen-bond acceptors (Lipinski definition) is 3. The van der Waals surface area contributed by atoms with Crippen molar-refractivity contribution in [1.82, 2.24) is 10.2 Å². The lowest BCUT2D eigenvalue weighted by atomic mass is 9.89. The molecule has 2 rings (SSSR count). The van der Waals surface area contributed by atoms with Gasteiger partial charge in [-0.2, -0.15) is 0 Å². The van der Waals surface area contributed by atoms with Crippen LogP contribution in [0.15, 0.2) is 0 Å². The van der Waals surface area contributed by atoms with Crippen LogP contribution in [0.3, 0.4) is 0 Å². The second-order valence-corrected chi connectivity index (χ2v) is 6.51. The Labute approximate surface area is 122 Å². The first-order valence-corrected chi connectivity index (χ1v) is 8.41. The summed E-state index contributed by atoms with van der Waals surface area (Å²) in [5.74, 6) is 0.201. The molecule has 2 fully saturated rings. The van der Waals surface area contributed by atoms with Gasteiger partial charge in [0.05, 0.1) is 6.42 Å². The third-order valence-corrected chi connectivity index (χ3v) is 4.93. The molecule has 1 atom stereocenters. The normalized spacial score (nSPS) is 25.7. The lowest BCUT2D eigenvalue weighted by molar-refractivity contribution is -0.137. The second-order valence-electron chi connectivity index (χ2n) is 6.51. The number of rotatable bonds is 7. The lowest BCUT2D eigenvalue weighted by Crippen LogP contribution is -2.36. The zero-order valence-corrected chi connectivity index (χ0v) is 12.6. The van der Waals surface area contributed by atoms with Gasteiger partial charge in [-0.25, -0.2) is 0 Å². The number of carbonyl (C=O) groups is 1. The Morgan fingerprint density at radius 3 is 2.60 bits per heavy atom. The summed E-state index contributed by atoms with van der Waals surface area (Å²) in [6.45, 7) is 4.14. The number of carboxylic acid groups (broad SMARTS) is 1. The van der Waals surface area contributed by atoms with Gasteiger partial charge in [0.2, 0.25) is 0 Å². The summed E-state index contributed by atoms with van der Waals surface area (Å²) in [5.41, 5.74) is 0. The molecule has 0 saturated carbocycles. The van der Waals surface area contributed by atoms with Crippen LogP contribution in [-0.2, 0) is 4.79 Å². The predicted octanol–water partition coefficient (Wildman–Crippen LogP) is 2.49. The first kappa shape index (κ1) is 15.8. The first-order valence-electron chi connectivity index (χ1n) is 8.41. The summed E-state index contributed by atoms with van der Waals surface area (Å²) in [7, 11) is 0. The van der Waals surface area contributed by atoms with E-state index in [0.29, 0.717) is 0 Å². The molecule has 116 valence electrons. The van der Waals surface area contributed by atoms with Crippen molar-refractivity contribution in [3.05, 3.63) is 0 Å². The van der Waals surface area contributed by atoms with Crippen LogP contribution in [0.2, 0.25) is 0 Å². The number of piperidine rings is 2. The molecule has 1 unspecified atom stereocenters. The van der Waals surface area contributed by atoms with Gasteiger partial charge in [0, 0.05) is 12.6 Å². The molecule has 0 aromatic heterocycles. The van der Waals surface area contributed by atoms with Crippen LogP contribution in [0, 0.1) is 5.92 Å². The van der Waals surface area contributed by atoms with Gasteiger partial charge in [-0.05, 0) is 57.7 Å². The van der Waals surface area contributed by atoms with Gasteiger partial charge >= 0.3 is 5.97 Å². The highest BCUT2D eigenvalue weighted by atomic mass is 16.4. The zero-order chi connectivity index (χ0) is 14.2. The standard InChI is InChI=1S/C16H30N2O2/c19-16(20)9-13-18-11-7-14(8-12-18)4-3-6-15-5-1-2-10-17-15/h14-15,17H,1-13H2,(H,19,20). The topological polar surface area (TPSA) is 52.6 Å². The van der Waals surface area contributed by atoms with Gasteiger partial charge in [-0.3, -0.25) is 4.79 Å². The molecule has 0 aliphatic carbocycles. The minimum Gasteiger partial charge on any atom is -0.481 e. The maximum Gasteiger partial charge on any atom is 0.304 e. The van der Waals surface area contributed by atoms with E-state index in [4.69, 9.17) is 5.11 Å². The average molecular weight is 282 g/mol. The lowest BCUT2D eigenvalue weighted by Gasteiger charge is -2.32. The van der Waals surface area contributed by atoms with E-state index in [1.165, 1.54) is 57.9 Å². The molecule has 2 saturated heterocycles. The van der Waals surface area contributed by atoms with E-state index in [9.17, 15) is 4.79 Å². The molecule has 0 spiro atoms. The summed E-state index contributed by atoms with van der Waals surface area (Å²) in [5, 5.41) is 12.3. The Kier molecular flexibility index (Phi) is 6.80. The molecule has 0 bridgehead atoms. The van der Waals surface area contributed by atoms with Crippen LogP contribution in [-0.4, -0.2) is 48.2 Å². The first-order chi connectivity index (χ1) is 9.74. The van der Waals surface area contributed by atoms with E-state index in [0.717, 1.165) is 31.6 Å². The number of hydrogen-bond donors (Lipinski definition) is 2. The number of likely N-dealkylation sites (tertiary alicyclic amines) is 1. The minimum absolute atomic E-state index is 0.290. The number of nitrogens with one attached hydrogen (secondary N) is 1. The van der Waals surface area contributed by atoms with E-state index >= 15 is 0 Å². The third kappa shape index (κ3) is 5.80. The maximum absolute atomic E-state index is 10.6. The van der Waals surface area contributed by atoms with E-state index in [2.05, 4.69) is 10.2 Å². The van der Waals surface area contributed by atoms with Crippen LogP contribution < -0.4 is 5.32 Å². The van der Waals surface area contributed by atoms with Crippen molar-refractivity contribution in [2.45, 2.75) is 63.8 Å². The second kappa shape index (κ2) is 8.63. The van der Waals surface area contributed by atoms with Crippen molar-refractivity contribution in [2.75, 3.05) is 26.2 Å². The average Bonchev–Trinajstić information content (AvgIpc) is 2.47. The molecule has 0 radical (unpaired) electrons. The van der Waals surface area contributed by atoms with E-state index in [-0.39, 0.29) is 6.42 Å². The predicted molar refractivity (Wildman–Crippen MR) is 80.9 cm³/mol. The van der Waals surface area contributed by atoms with Crippen molar-refractivity contribution in [3.63, 3.8) is 0 Å². The fourth-order valence-corrected chi connectivity index (χ4v) is 3.58. The van der Waals surface area contributed by atoms with Crippen molar-refractivity contribution >= 4 is 5.97 Å². The summed E-state index contributed by atoms with van der Waals surface area (Å²) in [6.07, 6.45) is 11.0. The molecular formula is C16H30N2O2. The van der Waals surface area contributed by atoms with E-state index < -0.39 is 5.97 Å². The van der Waals surface area contributed by atoms with Gasteiger partial charge in [0.25, 0.3) is 0 Å². The maximum atomic E-state index is 10.6. The Balaban J connectivity index is 1.52. The monoisotopic (exact) mass is 282 g/mol. The van der Waals surface area contributed by atoms with Gasteiger partial charge in [-0.15, -0.1) is 0 Å². The van der Waals surface area contributed by atoms with Crippen molar-refractivity contribution in [2.24, 2.45) is 5.92 Å². The quantitative estimate of drug-likeness (QED) is 0.753. The van der Waals surface area contributed by atoms with Crippen molar-refractivity contribution in [1.29, 1.82) is 0 Å². The Hall–Kier alpha value is -0.610. The fraction of sp³-hybridized carbons (Fsp3) is 0.938. The van der Waals surface area contributed by atoms with Gasteiger partial charge in [-0.1, -0.05) is 19.3 Å². The van der Waals surface area contributed by atoms with E-state index in [1.807, 2.05) is 0 Å². The third-order valence-electron chi connectivity index (χ3n) is 4.93. The molecule has 20 heavy (non-hydrogen) atoms. The highest BCUT2D eigenvalue weighted by molar-refractivity contribution is 5.66. The van der Waals surface area contributed by atoms with Crippen LogP contribution in [0.4, 0.5) is 0 Å². The highest BCUT2D eigenvalue weighted by Gasteiger charge is 2.20. The number of nitrogens with zero attached hydrogens (tertiary/aromatic N) is 1. The number of aliphatic carboxylic acids is 1. The molecule has 4 nitrogen and oxygen atoms in total. The van der Waals surface area contributed by atoms with Gasteiger partial charge in [0.15, 0.2) is 0 Å². The van der Waals surface area contributed by atoms with Gasteiger partial charge in [0.1, 0.15) is 0 Å². The Morgan fingerprint density at radius 2 is 1.95 bits per heavy atom. The van der Waals surface area contributed by atoms with Crippen molar-refractivity contribution < 1.29 is 9.90 Å². The van der Waals surface area contributed by atoms with Crippen LogP contribution in [0.1, 0.15) is 57.8 Å². The fourth-order valence-electron chi connectivity index (χ4n) is 3.58. The summed E-state index contributed by atoms with van der Waals surface area (Å²) in [4.78, 5) is 12.9. The SMILES string of the molecule is O=C(O)CCN1CCC(CCCC2CCCCN2)CC1. The molecular weight excluding hydrogens is 252 g/mol. The molecule has 0 aromatic rings. The summed E-state index contributed by atoms with van der Waals surface area (Å²) < 4.78 is 0. The molecule has 0 amide bonds. The highest BCUT2D eigenvalue weighted by Crippen LogP contribution is 2.24. The van der Waals surface area contributed by atoms with Crippen molar-refractivity contribution in [3.8, 4) is 0 Å². The molecule has 4 heteroatoms. The largest absolute Gasteiger partial charge is 0.481 e. The van der Waals surface area contributed by atoms with Gasteiger partial charge < -0.3 is 15.3 Å². The minimum atomic E-state index is -0.674. The summed E-state index contributed by atoms with van der Waals surface area (Å²) >= 11 is 0. The molecule has 2 aliphatic rings.